The van der Waals surface area contributed by atoms with Crippen LogP contribution in [0.5, 0.6) is 0 Å². The van der Waals surface area contributed by atoms with Gasteiger partial charge in [0.05, 0.1) is 11.4 Å². The monoisotopic (exact) mass is 220 g/mol. The lowest BCUT2D eigenvalue weighted by Crippen LogP contribution is -2.30. The first kappa shape index (κ1) is 8.56. The molecule has 3 fully saturated rings. The summed E-state index contributed by atoms with van der Waals surface area (Å²) >= 11 is 1.77. The van der Waals surface area contributed by atoms with Crippen molar-refractivity contribution in [3.8, 4) is 0 Å². The first-order chi connectivity index (χ1) is 6.13. The van der Waals surface area contributed by atoms with Crippen LogP contribution in [0.4, 0.5) is 0 Å². The van der Waals surface area contributed by atoms with Crippen molar-refractivity contribution in [3.05, 3.63) is 0 Å². The normalized spacial score (nSPS) is 55.9. The van der Waals surface area contributed by atoms with E-state index in [1.54, 1.807) is 11.8 Å². The first-order valence-corrected chi connectivity index (χ1v) is 7.34. The molecule has 0 radical (unpaired) electrons. The minimum atomic E-state index is -3.19. The molecule has 1 saturated heterocycles. The molecule has 74 valence electrons. The number of hydrogen-bond acceptors (Lipinski definition) is 4. The molecule has 0 aromatic heterocycles. The van der Waals surface area contributed by atoms with Gasteiger partial charge in [-0.05, 0) is 25.0 Å². The molecule has 13 heavy (non-hydrogen) atoms. The largest absolute Gasteiger partial charge is 0.270 e. The van der Waals surface area contributed by atoms with Gasteiger partial charge in [0.1, 0.15) is 0 Å². The lowest BCUT2D eigenvalue weighted by Gasteiger charge is -2.22. The smallest absolute Gasteiger partial charge is 0.265 e. The molecule has 0 aromatic rings. The third-order valence-corrected chi connectivity index (χ3v) is 6.66. The third-order valence-electron chi connectivity index (χ3n) is 3.69. The molecule has 2 saturated carbocycles. The van der Waals surface area contributed by atoms with Crippen LogP contribution < -0.4 is 0 Å². The summed E-state index contributed by atoms with van der Waals surface area (Å²) in [6.07, 6.45) is 3.97. The van der Waals surface area contributed by atoms with Gasteiger partial charge in [-0.2, -0.15) is 20.2 Å². The minimum Gasteiger partial charge on any atom is -0.265 e. The molecule has 1 heterocycles. The number of fused-ring (bicyclic) bond motifs is 1. The van der Waals surface area contributed by atoms with E-state index in [0.29, 0.717) is 17.1 Å². The van der Waals surface area contributed by atoms with Crippen LogP contribution in [0.15, 0.2) is 0 Å². The fourth-order valence-electron chi connectivity index (χ4n) is 3.21. The second-order valence-corrected chi connectivity index (χ2v) is 6.99. The second kappa shape index (κ2) is 2.44. The quantitative estimate of drug-likeness (QED) is 0.615. The Morgan fingerprint density at radius 1 is 1.38 bits per heavy atom. The highest BCUT2D eigenvalue weighted by molar-refractivity contribution is 7.99. The van der Waals surface area contributed by atoms with Crippen LogP contribution in [0, 0.1) is 11.8 Å². The lowest BCUT2D eigenvalue weighted by molar-refractivity contribution is 0.202. The molecule has 2 aliphatic carbocycles. The minimum absolute atomic E-state index is 0.00347. The Kier molecular flexibility index (Phi) is 1.60. The fourth-order valence-corrected chi connectivity index (χ4v) is 6.30. The topological polar surface area (TPSA) is 43.4 Å². The van der Waals surface area contributed by atoms with E-state index in [0.717, 1.165) is 12.8 Å². The van der Waals surface area contributed by atoms with Gasteiger partial charge in [-0.1, -0.05) is 0 Å². The molecule has 3 rings (SSSR count). The van der Waals surface area contributed by atoms with Gasteiger partial charge >= 0.3 is 0 Å². The second-order valence-electron chi connectivity index (χ2n) is 4.19. The van der Waals surface area contributed by atoms with Gasteiger partial charge in [0.25, 0.3) is 10.1 Å². The summed E-state index contributed by atoms with van der Waals surface area (Å²) < 4.78 is 28.2. The molecule has 2 bridgehead atoms. The van der Waals surface area contributed by atoms with E-state index in [9.17, 15) is 8.42 Å². The van der Waals surface area contributed by atoms with E-state index in [-0.39, 0.29) is 11.4 Å². The molecule has 3 aliphatic rings. The maximum atomic E-state index is 11.5. The molecule has 5 heteroatoms. The molecular formula is C8H12O3S2. The van der Waals surface area contributed by atoms with E-state index in [4.69, 9.17) is 4.18 Å². The summed E-state index contributed by atoms with van der Waals surface area (Å²) in [7, 11) is -3.19. The van der Waals surface area contributed by atoms with Crippen LogP contribution in [0.2, 0.25) is 0 Å². The zero-order valence-electron chi connectivity index (χ0n) is 7.34. The van der Waals surface area contributed by atoms with Crippen LogP contribution in [-0.4, -0.2) is 31.3 Å². The molecule has 0 aromatic carbocycles. The predicted octanol–water partition coefficient (Wildman–Crippen LogP) is 0.855. The van der Waals surface area contributed by atoms with E-state index in [1.165, 1.54) is 0 Å². The van der Waals surface area contributed by atoms with E-state index in [2.05, 4.69) is 6.26 Å². The highest BCUT2D eigenvalue weighted by Gasteiger charge is 2.63. The van der Waals surface area contributed by atoms with E-state index in [1.807, 2.05) is 0 Å². The molecule has 0 N–H and O–H groups in total. The van der Waals surface area contributed by atoms with Crippen molar-refractivity contribution >= 4 is 21.9 Å². The van der Waals surface area contributed by atoms with Gasteiger partial charge in [-0.3, -0.25) is 4.18 Å². The van der Waals surface area contributed by atoms with Crippen LogP contribution in [0.25, 0.3) is 0 Å². The summed E-state index contributed by atoms with van der Waals surface area (Å²) in [5.74, 6) is 0.903. The van der Waals surface area contributed by atoms with Crippen molar-refractivity contribution < 1.29 is 12.6 Å². The zero-order valence-corrected chi connectivity index (χ0v) is 8.98. The summed E-state index contributed by atoms with van der Waals surface area (Å²) in [5, 5.41) is 0.268. The van der Waals surface area contributed by atoms with E-state index < -0.39 is 10.1 Å². The molecule has 0 amide bonds. The Morgan fingerprint density at radius 3 is 2.85 bits per heavy atom. The van der Waals surface area contributed by atoms with E-state index >= 15 is 0 Å². The molecule has 1 aliphatic heterocycles. The number of rotatable bonds is 1. The van der Waals surface area contributed by atoms with Gasteiger partial charge in [-0.25, -0.2) is 0 Å². The zero-order chi connectivity index (χ0) is 9.22. The molecule has 3 nitrogen and oxygen atoms in total. The molecule has 0 spiro atoms. The molecule has 5 atom stereocenters. The predicted molar refractivity (Wildman–Crippen MR) is 51.1 cm³/mol. The van der Waals surface area contributed by atoms with Gasteiger partial charge in [-0.15, -0.1) is 0 Å². The Bertz CT molecular complexity index is 337. The molecular weight excluding hydrogens is 208 g/mol. The van der Waals surface area contributed by atoms with Gasteiger partial charge in [0.2, 0.25) is 0 Å². The highest BCUT2D eigenvalue weighted by Crippen LogP contribution is 2.57. The standard InChI is InChI=1S/C8H12O3S2/c1-12-8-4-2-5-6(3-4)13(9,10)11-7(5)8/h4-8H,2-3H2,1H3. The SMILES string of the molecule is CSC1C2CC3C1OS(=O)(=O)C3C2. The van der Waals surface area contributed by atoms with Crippen molar-refractivity contribution in [2.75, 3.05) is 6.26 Å². The Hall–Kier alpha value is 0.260. The third kappa shape index (κ3) is 0.930. The van der Waals surface area contributed by atoms with Crippen LogP contribution in [0.3, 0.4) is 0 Å². The highest BCUT2D eigenvalue weighted by atomic mass is 32.2. The van der Waals surface area contributed by atoms with Gasteiger partial charge in [0, 0.05) is 11.2 Å². The Labute approximate surface area is 82.3 Å². The maximum absolute atomic E-state index is 11.5. The van der Waals surface area contributed by atoms with Gasteiger partial charge < -0.3 is 0 Å². The van der Waals surface area contributed by atoms with Crippen molar-refractivity contribution in [1.82, 2.24) is 0 Å². The summed E-state index contributed by atoms with van der Waals surface area (Å²) in [5.41, 5.74) is 0. The average molecular weight is 220 g/mol. The van der Waals surface area contributed by atoms with Crippen LogP contribution in [-0.2, 0) is 14.3 Å². The average Bonchev–Trinajstić information content (AvgIpc) is 2.62. The number of hydrogen-bond donors (Lipinski definition) is 0. The number of thioether (sulfide) groups is 1. The van der Waals surface area contributed by atoms with Crippen molar-refractivity contribution in [3.63, 3.8) is 0 Å². The fraction of sp³-hybridized carbons (Fsp3) is 1.00. The van der Waals surface area contributed by atoms with Crippen molar-refractivity contribution in [1.29, 1.82) is 0 Å². The van der Waals surface area contributed by atoms with Gasteiger partial charge in [0.15, 0.2) is 0 Å². The van der Waals surface area contributed by atoms with Crippen molar-refractivity contribution in [2.45, 2.75) is 29.4 Å². The van der Waals surface area contributed by atoms with Crippen LogP contribution in [0.1, 0.15) is 12.8 Å². The summed E-state index contributed by atoms with van der Waals surface area (Å²) in [6.45, 7) is 0. The molecule has 5 unspecified atom stereocenters. The maximum Gasteiger partial charge on any atom is 0.270 e. The Morgan fingerprint density at radius 2 is 2.15 bits per heavy atom. The van der Waals surface area contributed by atoms with Crippen LogP contribution >= 0.6 is 11.8 Å². The lowest BCUT2D eigenvalue weighted by atomic mass is 9.97. The Balaban J connectivity index is 2.03. The first-order valence-electron chi connectivity index (χ1n) is 4.58. The summed E-state index contributed by atoms with van der Waals surface area (Å²) in [4.78, 5) is 0. The summed E-state index contributed by atoms with van der Waals surface area (Å²) in [6, 6.07) is 0. The van der Waals surface area contributed by atoms with Crippen molar-refractivity contribution in [2.24, 2.45) is 11.8 Å².